The van der Waals surface area contributed by atoms with Crippen LogP contribution < -0.4 is 10.2 Å². The smallest absolute Gasteiger partial charge is 0.224 e. The van der Waals surface area contributed by atoms with Crippen LogP contribution in [0.15, 0.2) is 24.3 Å². The highest BCUT2D eigenvalue weighted by atomic mass is 16.5. The summed E-state index contributed by atoms with van der Waals surface area (Å²) in [5, 5.41) is 2.95. The summed E-state index contributed by atoms with van der Waals surface area (Å²) in [6, 6.07) is 8.86. The minimum atomic E-state index is 0.0951. The molecular formula is C17H26N2O2. The Kier molecular flexibility index (Phi) is 5.62. The summed E-state index contributed by atoms with van der Waals surface area (Å²) < 4.78 is 5.56. The lowest BCUT2D eigenvalue weighted by Crippen LogP contribution is -2.49. The van der Waals surface area contributed by atoms with Gasteiger partial charge in [-0.2, -0.15) is 0 Å². The number of anilines is 2. The number of ether oxygens (including phenoxy) is 1. The molecule has 4 nitrogen and oxygen atoms in total. The van der Waals surface area contributed by atoms with E-state index in [1.165, 1.54) is 5.69 Å². The first-order valence-electron chi connectivity index (χ1n) is 7.87. The largest absolute Gasteiger partial charge is 0.377 e. The highest BCUT2D eigenvalue weighted by Gasteiger charge is 2.25. The van der Waals surface area contributed by atoms with Gasteiger partial charge in [-0.15, -0.1) is 0 Å². The molecule has 1 N–H and O–H groups in total. The van der Waals surface area contributed by atoms with Gasteiger partial charge in [-0.25, -0.2) is 0 Å². The molecule has 0 bridgehead atoms. The normalized spacial score (nSPS) is 22.1. The molecule has 116 valence electrons. The van der Waals surface area contributed by atoms with Crippen LogP contribution in [0.2, 0.25) is 0 Å². The molecule has 0 radical (unpaired) electrons. The Morgan fingerprint density at radius 1 is 1.24 bits per heavy atom. The lowest BCUT2D eigenvalue weighted by Gasteiger charge is -2.40. The average Bonchev–Trinajstić information content (AvgIpc) is 2.46. The van der Waals surface area contributed by atoms with E-state index in [4.69, 9.17) is 4.74 Å². The van der Waals surface area contributed by atoms with Crippen molar-refractivity contribution in [1.82, 2.24) is 0 Å². The van der Waals surface area contributed by atoms with E-state index in [1.807, 2.05) is 12.1 Å². The predicted octanol–water partition coefficient (Wildman–Crippen LogP) is 3.43. The number of morpholine rings is 1. The molecule has 0 aromatic heterocycles. The van der Waals surface area contributed by atoms with Gasteiger partial charge in [0.25, 0.3) is 0 Å². The summed E-state index contributed by atoms with van der Waals surface area (Å²) in [4.78, 5) is 14.1. The number of hydrogen-bond donors (Lipinski definition) is 1. The van der Waals surface area contributed by atoms with Crippen LogP contribution in [0.4, 0.5) is 11.4 Å². The van der Waals surface area contributed by atoms with Crippen LogP contribution in [0.1, 0.15) is 40.0 Å². The van der Waals surface area contributed by atoms with Crippen LogP contribution in [0.3, 0.4) is 0 Å². The van der Waals surface area contributed by atoms with Crippen molar-refractivity contribution in [3.05, 3.63) is 24.3 Å². The van der Waals surface area contributed by atoms with Gasteiger partial charge >= 0.3 is 0 Å². The van der Waals surface area contributed by atoms with Crippen LogP contribution in [-0.2, 0) is 9.53 Å². The Bertz CT molecular complexity index is 448. The van der Waals surface area contributed by atoms with Gasteiger partial charge in [0.05, 0.1) is 13.2 Å². The van der Waals surface area contributed by atoms with Crippen LogP contribution in [0.5, 0.6) is 0 Å². The molecule has 2 atom stereocenters. The van der Waals surface area contributed by atoms with Crippen molar-refractivity contribution in [2.24, 2.45) is 0 Å². The third-order valence-corrected chi connectivity index (χ3v) is 3.87. The second kappa shape index (κ2) is 7.46. The van der Waals surface area contributed by atoms with Crippen LogP contribution >= 0.6 is 0 Å². The predicted molar refractivity (Wildman–Crippen MR) is 86.8 cm³/mol. The molecule has 1 aromatic rings. The Balaban J connectivity index is 1.99. The highest BCUT2D eigenvalue weighted by Crippen LogP contribution is 2.25. The molecule has 1 aliphatic heterocycles. The monoisotopic (exact) mass is 290 g/mol. The van der Waals surface area contributed by atoms with Crippen molar-refractivity contribution in [3.63, 3.8) is 0 Å². The molecule has 2 unspecified atom stereocenters. The number of benzene rings is 1. The zero-order valence-corrected chi connectivity index (χ0v) is 13.3. The Labute approximate surface area is 127 Å². The molecule has 1 aromatic carbocycles. The number of carbonyl (C=O) groups excluding carboxylic acids is 1. The van der Waals surface area contributed by atoms with Gasteiger partial charge in [-0.05, 0) is 44.5 Å². The summed E-state index contributed by atoms with van der Waals surface area (Å²) >= 11 is 0. The topological polar surface area (TPSA) is 41.6 Å². The zero-order chi connectivity index (χ0) is 15.2. The molecule has 0 saturated carbocycles. The highest BCUT2D eigenvalue weighted by molar-refractivity contribution is 5.90. The third-order valence-electron chi connectivity index (χ3n) is 3.87. The summed E-state index contributed by atoms with van der Waals surface area (Å²) in [5.41, 5.74) is 2.05. The molecule has 0 aliphatic carbocycles. The maximum atomic E-state index is 11.7. The summed E-state index contributed by atoms with van der Waals surface area (Å²) in [5.74, 6) is 0.0951. The maximum Gasteiger partial charge on any atom is 0.224 e. The van der Waals surface area contributed by atoms with E-state index < -0.39 is 0 Å². The van der Waals surface area contributed by atoms with Gasteiger partial charge in [0.1, 0.15) is 0 Å². The third kappa shape index (κ3) is 4.21. The molecule has 1 aliphatic rings. The SMILES string of the molecule is CCCCC(=O)Nc1ccc(N2C(C)COCC2C)cc1. The quantitative estimate of drug-likeness (QED) is 0.903. The van der Waals surface area contributed by atoms with Gasteiger partial charge in [-0.1, -0.05) is 13.3 Å². The minimum absolute atomic E-state index is 0.0951. The maximum absolute atomic E-state index is 11.7. The van der Waals surface area contributed by atoms with Crippen molar-refractivity contribution in [1.29, 1.82) is 0 Å². The van der Waals surface area contributed by atoms with Crippen LogP contribution in [0, 0.1) is 0 Å². The van der Waals surface area contributed by atoms with E-state index >= 15 is 0 Å². The fourth-order valence-corrected chi connectivity index (χ4v) is 2.79. The molecule has 21 heavy (non-hydrogen) atoms. The standard InChI is InChI=1S/C17H26N2O2/c1-4-5-6-17(20)18-15-7-9-16(10-8-15)19-13(2)11-21-12-14(19)3/h7-10,13-14H,4-6,11-12H2,1-3H3,(H,18,20). The fraction of sp³-hybridized carbons (Fsp3) is 0.588. The average molecular weight is 290 g/mol. The van der Waals surface area contributed by atoms with Gasteiger partial charge in [0.15, 0.2) is 0 Å². The van der Waals surface area contributed by atoms with E-state index in [9.17, 15) is 4.79 Å². The van der Waals surface area contributed by atoms with Gasteiger partial charge < -0.3 is 15.0 Å². The number of amides is 1. The zero-order valence-electron chi connectivity index (χ0n) is 13.3. The summed E-state index contributed by atoms with van der Waals surface area (Å²) in [6.45, 7) is 7.97. The Hall–Kier alpha value is -1.55. The second-order valence-electron chi connectivity index (χ2n) is 5.84. The van der Waals surface area contributed by atoms with Crippen molar-refractivity contribution >= 4 is 17.3 Å². The first-order chi connectivity index (χ1) is 10.1. The molecule has 0 spiro atoms. The number of nitrogens with zero attached hydrogens (tertiary/aromatic N) is 1. The van der Waals surface area contributed by atoms with Crippen molar-refractivity contribution in [2.45, 2.75) is 52.1 Å². The molecule has 1 fully saturated rings. The molecular weight excluding hydrogens is 264 g/mol. The van der Waals surface area contributed by atoms with E-state index in [0.29, 0.717) is 18.5 Å². The number of nitrogens with one attached hydrogen (secondary N) is 1. The van der Waals surface area contributed by atoms with Crippen molar-refractivity contribution in [3.8, 4) is 0 Å². The van der Waals surface area contributed by atoms with Gasteiger partial charge in [0, 0.05) is 29.9 Å². The first-order valence-corrected chi connectivity index (χ1v) is 7.87. The second-order valence-corrected chi connectivity index (χ2v) is 5.84. The van der Waals surface area contributed by atoms with E-state index in [-0.39, 0.29) is 5.91 Å². The fourth-order valence-electron chi connectivity index (χ4n) is 2.79. The number of carbonyl (C=O) groups is 1. The lowest BCUT2D eigenvalue weighted by molar-refractivity contribution is -0.116. The molecule has 1 heterocycles. The Morgan fingerprint density at radius 3 is 2.43 bits per heavy atom. The molecule has 2 rings (SSSR count). The molecule has 1 saturated heterocycles. The number of unbranched alkanes of at least 4 members (excludes halogenated alkanes) is 1. The van der Waals surface area contributed by atoms with Gasteiger partial charge in [0.2, 0.25) is 5.91 Å². The van der Waals surface area contributed by atoms with Crippen molar-refractivity contribution < 1.29 is 9.53 Å². The molecule has 4 heteroatoms. The minimum Gasteiger partial charge on any atom is -0.377 e. The van der Waals surface area contributed by atoms with E-state index in [2.05, 4.69) is 43.1 Å². The van der Waals surface area contributed by atoms with Crippen molar-refractivity contribution in [2.75, 3.05) is 23.4 Å². The number of rotatable bonds is 5. The van der Waals surface area contributed by atoms with Crippen LogP contribution in [-0.4, -0.2) is 31.2 Å². The summed E-state index contributed by atoms with van der Waals surface area (Å²) in [6.07, 6.45) is 2.57. The van der Waals surface area contributed by atoms with E-state index in [0.717, 1.165) is 31.7 Å². The van der Waals surface area contributed by atoms with Gasteiger partial charge in [-0.3, -0.25) is 4.79 Å². The lowest BCUT2D eigenvalue weighted by atomic mass is 10.1. The Morgan fingerprint density at radius 2 is 1.86 bits per heavy atom. The van der Waals surface area contributed by atoms with E-state index in [1.54, 1.807) is 0 Å². The molecule has 1 amide bonds. The first kappa shape index (κ1) is 15.8. The number of hydrogen-bond acceptors (Lipinski definition) is 3. The van der Waals surface area contributed by atoms with Crippen LogP contribution in [0.25, 0.3) is 0 Å². The summed E-state index contributed by atoms with van der Waals surface area (Å²) in [7, 11) is 0.